The zero-order chi connectivity index (χ0) is 38.7. The number of nitrogens with zero attached hydrogens (tertiary/aromatic N) is 1. The first-order valence-electron chi connectivity index (χ1n) is 20.0. The lowest BCUT2D eigenvalue weighted by Crippen LogP contribution is -2.63. The number of nitrogens with one attached hydrogen (secondary N) is 5. The fourth-order valence-corrected chi connectivity index (χ4v) is 8.51. The molecule has 296 valence electrons. The Balaban J connectivity index is 1.33. The lowest BCUT2D eigenvalue weighted by molar-refractivity contribution is -0.146. The van der Waals surface area contributed by atoms with Crippen LogP contribution in [-0.4, -0.2) is 90.9 Å². The van der Waals surface area contributed by atoms with Crippen LogP contribution in [0.25, 0.3) is 0 Å². The van der Waals surface area contributed by atoms with E-state index in [9.17, 15) is 28.8 Å². The van der Waals surface area contributed by atoms with E-state index in [1.807, 2.05) is 27.7 Å². The fourth-order valence-electron chi connectivity index (χ4n) is 8.51. The SMILES string of the molecule is C=CCNC(=O)C(=O)C(CCC1CC1)NC(=O)[C@@H]1C2C(CN1C(=O)[C@@H](NC(=O)N[C@H](COC(=O)NCC1CC1)C(C)(C)C)C1(C)CCCCC1)C2(C)C. The number of ether oxygens (including phenoxy) is 1. The van der Waals surface area contributed by atoms with Crippen LogP contribution >= 0.6 is 0 Å². The molecule has 1 saturated heterocycles. The van der Waals surface area contributed by atoms with Crippen molar-refractivity contribution in [2.45, 2.75) is 136 Å². The number of urea groups is 1. The van der Waals surface area contributed by atoms with E-state index in [0.717, 1.165) is 64.2 Å². The topological polar surface area (TPSA) is 175 Å². The summed E-state index contributed by atoms with van der Waals surface area (Å²) < 4.78 is 5.51. The Morgan fingerprint density at radius 1 is 0.906 bits per heavy atom. The highest BCUT2D eigenvalue weighted by atomic mass is 16.5. The number of likely N-dealkylation sites (tertiary alicyclic amines) is 1. The zero-order valence-electron chi connectivity index (χ0n) is 32.8. The minimum Gasteiger partial charge on any atom is -0.447 e. The van der Waals surface area contributed by atoms with Gasteiger partial charge in [0.15, 0.2) is 0 Å². The fraction of sp³-hybridized carbons (Fsp3) is 0.800. The first kappa shape index (κ1) is 40.5. The highest BCUT2D eigenvalue weighted by Gasteiger charge is 2.70. The van der Waals surface area contributed by atoms with Crippen molar-refractivity contribution in [1.82, 2.24) is 31.5 Å². The van der Waals surface area contributed by atoms with Gasteiger partial charge in [-0.25, -0.2) is 9.59 Å². The third kappa shape index (κ3) is 10.1. The van der Waals surface area contributed by atoms with Gasteiger partial charge in [-0.2, -0.15) is 0 Å². The molecule has 5 aliphatic rings. The van der Waals surface area contributed by atoms with Crippen LogP contribution in [0.3, 0.4) is 0 Å². The minimum atomic E-state index is -1.01. The van der Waals surface area contributed by atoms with Crippen molar-refractivity contribution in [1.29, 1.82) is 0 Å². The summed E-state index contributed by atoms with van der Waals surface area (Å²) in [4.78, 5) is 83.1. The van der Waals surface area contributed by atoms with Gasteiger partial charge in [-0.05, 0) is 78.4 Å². The molecule has 6 amide bonds. The van der Waals surface area contributed by atoms with E-state index in [0.29, 0.717) is 31.3 Å². The smallest absolute Gasteiger partial charge is 0.407 e. The predicted octanol–water partition coefficient (Wildman–Crippen LogP) is 4.20. The maximum Gasteiger partial charge on any atom is 0.407 e. The summed E-state index contributed by atoms with van der Waals surface area (Å²) in [5.74, 6) is -1.28. The second-order valence-corrected chi connectivity index (χ2v) is 18.4. The molecule has 0 bridgehead atoms. The highest BCUT2D eigenvalue weighted by molar-refractivity contribution is 6.38. The third-order valence-electron chi connectivity index (χ3n) is 12.8. The number of carbonyl (C=O) groups excluding carboxylic acids is 6. The number of hydrogen-bond donors (Lipinski definition) is 5. The van der Waals surface area contributed by atoms with Crippen LogP contribution in [0.4, 0.5) is 9.59 Å². The second kappa shape index (κ2) is 16.4. The van der Waals surface area contributed by atoms with Gasteiger partial charge in [0.2, 0.25) is 17.6 Å². The predicted molar refractivity (Wildman–Crippen MR) is 200 cm³/mol. The third-order valence-corrected chi connectivity index (χ3v) is 12.8. The first-order chi connectivity index (χ1) is 25.0. The molecule has 53 heavy (non-hydrogen) atoms. The van der Waals surface area contributed by atoms with Crippen molar-refractivity contribution < 1.29 is 33.5 Å². The molecule has 1 aliphatic heterocycles. The van der Waals surface area contributed by atoms with Crippen LogP contribution in [0.15, 0.2) is 12.7 Å². The Labute approximate surface area is 315 Å². The van der Waals surface area contributed by atoms with Crippen molar-refractivity contribution >= 4 is 35.6 Å². The molecular weight excluding hydrogens is 676 g/mol. The molecule has 1 heterocycles. The summed E-state index contributed by atoms with van der Waals surface area (Å²) >= 11 is 0. The number of alkyl carbamates (subject to hydrolysis) is 1. The summed E-state index contributed by atoms with van der Waals surface area (Å²) in [6.45, 7) is 16.7. The standard InChI is InChI=1S/C40H64N6O7/c1-8-20-41-34(49)31(47)27(17-16-24-12-13-24)43-33(48)30-29-26(39(29,5)6)22-46(30)35(50)32(40(7)18-10-9-11-19-40)45-36(51)44-28(38(2,3)4)23-53-37(52)42-21-25-14-15-25/h8,24-30,32H,1,9-23H2,2-7H3,(H,41,49)(H,42,52)(H,43,48)(H2,44,45,51)/t26?,27?,28-,29?,30+,32-/m1/s1. The Kier molecular flexibility index (Phi) is 12.5. The van der Waals surface area contributed by atoms with Crippen molar-refractivity contribution in [3.05, 3.63) is 12.7 Å². The minimum absolute atomic E-state index is 0.0393. The van der Waals surface area contributed by atoms with Crippen LogP contribution < -0.4 is 26.6 Å². The van der Waals surface area contributed by atoms with E-state index in [4.69, 9.17) is 4.74 Å². The molecule has 5 rings (SSSR count). The zero-order valence-corrected chi connectivity index (χ0v) is 32.8. The van der Waals surface area contributed by atoms with Gasteiger partial charge in [-0.1, -0.05) is 79.7 Å². The molecule has 13 heteroatoms. The van der Waals surface area contributed by atoms with Crippen molar-refractivity contribution in [2.75, 3.05) is 26.2 Å². The Morgan fingerprint density at radius 3 is 2.17 bits per heavy atom. The van der Waals surface area contributed by atoms with Crippen LogP contribution in [0.1, 0.15) is 112 Å². The van der Waals surface area contributed by atoms with Gasteiger partial charge in [-0.3, -0.25) is 19.2 Å². The number of ketones is 1. The van der Waals surface area contributed by atoms with E-state index >= 15 is 0 Å². The van der Waals surface area contributed by atoms with Gasteiger partial charge in [0, 0.05) is 19.6 Å². The summed E-state index contributed by atoms with van der Waals surface area (Å²) in [6, 6.07) is -3.86. The number of hydrogen-bond acceptors (Lipinski definition) is 7. The summed E-state index contributed by atoms with van der Waals surface area (Å²) in [5, 5.41) is 14.3. The van der Waals surface area contributed by atoms with Gasteiger partial charge in [0.1, 0.15) is 18.7 Å². The lowest BCUT2D eigenvalue weighted by atomic mass is 9.70. The normalized spacial score (nSPS) is 25.8. The van der Waals surface area contributed by atoms with Crippen LogP contribution in [0.5, 0.6) is 0 Å². The Morgan fingerprint density at radius 2 is 1.57 bits per heavy atom. The molecule has 0 aromatic carbocycles. The monoisotopic (exact) mass is 740 g/mol. The molecule has 0 aromatic heterocycles. The molecular formula is C40H64N6O7. The maximum absolute atomic E-state index is 14.9. The molecule has 6 atom stereocenters. The number of fused-ring (bicyclic) bond motifs is 1. The lowest BCUT2D eigenvalue weighted by Gasteiger charge is -2.43. The van der Waals surface area contributed by atoms with Crippen LogP contribution in [0, 0.1) is 39.9 Å². The molecule has 5 N–H and O–H groups in total. The number of Topliss-reactive ketones (excluding diaryl/α,β-unsaturated/α-hetero) is 1. The summed E-state index contributed by atoms with van der Waals surface area (Å²) in [7, 11) is 0. The Bertz CT molecular complexity index is 1410. The van der Waals surface area contributed by atoms with Gasteiger partial charge < -0.3 is 36.2 Å². The van der Waals surface area contributed by atoms with Gasteiger partial charge in [-0.15, -0.1) is 6.58 Å². The molecule has 4 aliphatic carbocycles. The number of rotatable bonds is 17. The largest absolute Gasteiger partial charge is 0.447 e. The van der Waals surface area contributed by atoms with Crippen LogP contribution in [-0.2, 0) is 23.9 Å². The Hall–Kier alpha value is -3.64. The summed E-state index contributed by atoms with van der Waals surface area (Å²) in [6.07, 6.45) is 10.7. The van der Waals surface area contributed by atoms with Crippen molar-refractivity contribution in [3.8, 4) is 0 Å². The molecule has 13 nitrogen and oxygen atoms in total. The molecule has 5 fully saturated rings. The molecule has 0 aromatic rings. The molecule has 0 radical (unpaired) electrons. The quantitative estimate of drug-likeness (QED) is 0.110. The van der Waals surface area contributed by atoms with Gasteiger partial charge in [0.25, 0.3) is 5.91 Å². The van der Waals surface area contributed by atoms with E-state index in [2.05, 4.69) is 47.0 Å². The first-order valence-corrected chi connectivity index (χ1v) is 20.0. The average molecular weight is 741 g/mol. The van der Waals surface area contributed by atoms with Gasteiger partial charge in [0.05, 0.1) is 12.1 Å². The number of carbonyl (C=O) groups is 6. The van der Waals surface area contributed by atoms with Crippen molar-refractivity contribution in [2.24, 2.45) is 39.9 Å². The van der Waals surface area contributed by atoms with E-state index in [1.54, 1.807) is 4.90 Å². The van der Waals surface area contributed by atoms with E-state index in [1.165, 1.54) is 6.08 Å². The number of amides is 6. The van der Waals surface area contributed by atoms with Crippen molar-refractivity contribution in [3.63, 3.8) is 0 Å². The average Bonchev–Trinajstić information content (AvgIpc) is 4.06. The summed E-state index contributed by atoms with van der Waals surface area (Å²) in [5.41, 5.74) is -1.21. The molecule has 4 saturated carbocycles. The maximum atomic E-state index is 14.9. The van der Waals surface area contributed by atoms with Gasteiger partial charge >= 0.3 is 12.1 Å². The highest BCUT2D eigenvalue weighted by Crippen LogP contribution is 2.65. The van der Waals surface area contributed by atoms with E-state index in [-0.39, 0.29) is 36.3 Å². The molecule has 3 unspecified atom stereocenters. The number of piperidine rings is 1. The second-order valence-electron chi connectivity index (χ2n) is 18.4. The van der Waals surface area contributed by atoms with Crippen LogP contribution in [0.2, 0.25) is 0 Å². The molecule has 0 spiro atoms. The van der Waals surface area contributed by atoms with E-state index < -0.39 is 64.7 Å².